The molecule has 1 saturated carbocycles. The Labute approximate surface area is 184 Å². The summed E-state index contributed by atoms with van der Waals surface area (Å²) in [4.78, 5) is 24.7. The SMILES string of the molecule is Cc1nnc2sc3c(NC4CC5(C4)CN(C(=O)C4CCOCC4)C5)ncnc3c2c1C. The highest BCUT2D eigenvalue weighted by Gasteiger charge is 2.54. The maximum atomic E-state index is 12.7. The lowest BCUT2D eigenvalue weighted by Crippen LogP contribution is -2.67. The third-order valence-corrected chi connectivity index (χ3v) is 8.37. The second-order valence-electron chi connectivity index (χ2n) is 9.42. The van der Waals surface area contributed by atoms with E-state index in [1.54, 1.807) is 17.7 Å². The van der Waals surface area contributed by atoms with E-state index >= 15 is 0 Å². The molecule has 1 aliphatic carbocycles. The number of fused-ring (bicyclic) bond motifs is 3. The Kier molecular flexibility index (Phi) is 4.40. The van der Waals surface area contributed by atoms with Crippen LogP contribution in [0.15, 0.2) is 6.33 Å². The fourth-order valence-corrected chi connectivity index (χ4v) is 6.53. The standard InChI is InChI=1S/C22H26N6O2S/c1-12-13(2)26-27-20-16(12)17-18(31-20)19(24-11-23-17)25-15-7-22(8-15)9-28(10-22)21(29)14-3-5-30-6-4-14/h11,14-15H,3-10H2,1-2H3,(H,23,24,25). The molecule has 2 aliphatic heterocycles. The smallest absolute Gasteiger partial charge is 0.225 e. The predicted octanol–water partition coefficient (Wildman–Crippen LogP) is 3.08. The first-order chi connectivity index (χ1) is 15.0. The van der Waals surface area contributed by atoms with E-state index in [0.29, 0.717) is 17.4 Å². The number of rotatable bonds is 3. The summed E-state index contributed by atoms with van der Waals surface area (Å²) < 4.78 is 6.44. The number of aryl methyl sites for hydroxylation is 2. The Morgan fingerprint density at radius 3 is 2.74 bits per heavy atom. The highest BCUT2D eigenvalue weighted by molar-refractivity contribution is 7.25. The van der Waals surface area contributed by atoms with Crippen LogP contribution >= 0.6 is 11.3 Å². The van der Waals surface area contributed by atoms with Crippen LogP contribution in [0.3, 0.4) is 0 Å². The Hall–Kier alpha value is -2.39. The van der Waals surface area contributed by atoms with Gasteiger partial charge in [-0.1, -0.05) is 0 Å². The molecular formula is C22H26N6O2S. The van der Waals surface area contributed by atoms with Gasteiger partial charge in [0.1, 0.15) is 17.0 Å². The molecular weight excluding hydrogens is 412 g/mol. The molecule has 8 nitrogen and oxygen atoms in total. The number of hydrogen-bond donors (Lipinski definition) is 1. The number of carbonyl (C=O) groups is 1. The molecule has 3 aromatic rings. The van der Waals surface area contributed by atoms with Crippen molar-refractivity contribution in [2.45, 2.75) is 45.6 Å². The van der Waals surface area contributed by atoms with Crippen molar-refractivity contribution in [3.05, 3.63) is 17.6 Å². The average Bonchev–Trinajstić information content (AvgIpc) is 3.12. The van der Waals surface area contributed by atoms with Gasteiger partial charge in [0.15, 0.2) is 0 Å². The molecule has 5 heterocycles. The minimum Gasteiger partial charge on any atom is -0.381 e. The normalized spacial score (nSPS) is 21.4. The van der Waals surface area contributed by atoms with Gasteiger partial charge in [0, 0.05) is 49.1 Å². The molecule has 6 rings (SSSR count). The van der Waals surface area contributed by atoms with Crippen LogP contribution in [0.2, 0.25) is 0 Å². The van der Waals surface area contributed by atoms with E-state index in [9.17, 15) is 4.79 Å². The first kappa shape index (κ1) is 19.3. The number of anilines is 1. The molecule has 0 atom stereocenters. The number of likely N-dealkylation sites (tertiary alicyclic amines) is 1. The monoisotopic (exact) mass is 438 g/mol. The van der Waals surface area contributed by atoms with Crippen LogP contribution in [0, 0.1) is 25.2 Å². The van der Waals surface area contributed by atoms with Crippen LogP contribution in [0.1, 0.15) is 36.9 Å². The molecule has 0 bridgehead atoms. The average molecular weight is 439 g/mol. The van der Waals surface area contributed by atoms with Crippen LogP contribution in [-0.2, 0) is 9.53 Å². The summed E-state index contributed by atoms with van der Waals surface area (Å²) in [5.74, 6) is 1.39. The molecule has 0 aromatic carbocycles. The van der Waals surface area contributed by atoms with E-state index < -0.39 is 0 Å². The van der Waals surface area contributed by atoms with Gasteiger partial charge in [-0.15, -0.1) is 16.4 Å². The summed E-state index contributed by atoms with van der Waals surface area (Å²) >= 11 is 1.60. The van der Waals surface area contributed by atoms with E-state index in [1.165, 1.54) is 0 Å². The second kappa shape index (κ2) is 7.06. The maximum absolute atomic E-state index is 12.7. The Morgan fingerprint density at radius 1 is 1.19 bits per heavy atom. The van der Waals surface area contributed by atoms with Gasteiger partial charge in [0.05, 0.1) is 15.9 Å². The summed E-state index contributed by atoms with van der Waals surface area (Å²) in [6.45, 7) is 7.30. The molecule has 3 aliphatic rings. The van der Waals surface area contributed by atoms with Crippen molar-refractivity contribution in [3.8, 4) is 0 Å². The van der Waals surface area contributed by atoms with Crippen molar-refractivity contribution < 1.29 is 9.53 Å². The van der Waals surface area contributed by atoms with E-state index in [0.717, 1.165) is 89.5 Å². The van der Waals surface area contributed by atoms with Crippen molar-refractivity contribution in [3.63, 3.8) is 0 Å². The summed E-state index contributed by atoms with van der Waals surface area (Å²) in [6.07, 6.45) is 5.54. The number of hydrogen-bond acceptors (Lipinski definition) is 8. The molecule has 1 spiro atoms. The van der Waals surface area contributed by atoms with E-state index in [4.69, 9.17) is 4.74 Å². The lowest BCUT2D eigenvalue weighted by Gasteiger charge is -2.59. The van der Waals surface area contributed by atoms with Gasteiger partial charge in [0.25, 0.3) is 0 Å². The van der Waals surface area contributed by atoms with Crippen LogP contribution in [-0.4, -0.2) is 63.3 Å². The van der Waals surface area contributed by atoms with Gasteiger partial charge < -0.3 is 15.0 Å². The zero-order valence-electron chi connectivity index (χ0n) is 17.8. The molecule has 2 saturated heterocycles. The van der Waals surface area contributed by atoms with Crippen molar-refractivity contribution in [1.29, 1.82) is 0 Å². The minimum absolute atomic E-state index is 0.164. The lowest BCUT2D eigenvalue weighted by molar-refractivity contribution is -0.157. The number of amides is 1. The number of aromatic nitrogens is 4. The van der Waals surface area contributed by atoms with Crippen molar-refractivity contribution in [2.75, 3.05) is 31.6 Å². The molecule has 1 N–H and O–H groups in total. The summed E-state index contributed by atoms with van der Waals surface area (Å²) in [7, 11) is 0. The quantitative estimate of drug-likeness (QED) is 0.672. The van der Waals surface area contributed by atoms with Crippen molar-refractivity contribution in [1.82, 2.24) is 25.1 Å². The van der Waals surface area contributed by atoms with Crippen molar-refractivity contribution >= 4 is 43.5 Å². The van der Waals surface area contributed by atoms with E-state index in [-0.39, 0.29) is 5.92 Å². The number of thiophene rings is 1. The summed E-state index contributed by atoms with van der Waals surface area (Å²) in [5, 5.41) is 13.4. The number of nitrogens with zero attached hydrogens (tertiary/aromatic N) is 5. The Balaban J connectivity index is 1.13. The van der Waals surface area contributed by atoms with Gasteiger partial charge in [-0.2, -0.15) is 5.10 Å². The van der Waals surface area contributed by atoms with Gasteiger partial charge >= 0.3 is 0 Å². The number of carbonyl (C=O) groups excluding carboxylic acids is 1. The lowest BCUT2D eigenvalue weighted by atomic mass is 9.60. The van der Waals surface area contributed by atoms with Gasteiger partial charge in [0.2, 0.25) is 5.91 Å². The third kappa shape index (κ3) is 3.09. The molecule has 9 heteroatoms. The molecule has 0 unspecified atom stereocenters. The largest absolute Gasteiger partial charge is 0.381 e. The second-order valence-corrected chi connectivity index (χ2v) is 10.4. The topological polar surface area (TPSA) is 93.1 Å². The van der Waals surface area contributed by atoms with Gasteiger partial charge in [-0.25, -0.2) is 9.97 Å². The fraction of sp³-hybridized carbons (Fsp3) is 0.591. The Morgan fingerprint density at radius 2 is 1.97 bits per heavy atom. The molecule has 1 amide bonds. The van der Waals surface area contributed by atoms with Gasteiger partial charge in [-0.05, 0) is 45.1 Å². The Bertz CT molecular complexity index is 1170. The third-order valence-electron chi connectivity index (χ3n) is 7.30. The molecule has 3 aromatic heterocycles. The van der Waals surface area contributed by atoms with E-state index in [1.807, 2.05) is 6.92 Å². The number of ether oxygens (including phenoxy) is 1. The maximum Gasteiger partial charge on any atom is 0.225 e. The number of nitrogens with one attached hydrogen (secondary N) is 1. The van der Waals surface area contributed by atoms with Crippen LogP contribution < -0.4 is 5.32 Å². The molecule has 0 radical (unpaired) electrons. The van der Waals surface area contributed by atoms with Crippen LogP contribution in [0.25, 0.3) is 20.4 Å². The zero-order chi connectivity index (χ0) is 21.2. The van der Waals surface area contributed by atoms with Gasteiger partial charge in [-0.3, -0.25) is 4.79 Å². The highest BCUT2D eigenvalue weighted by atomic mass is 32.1. The summed E-state index contributed by atoms with van der Waals surface area (Å²) in [5.41, 5.74) is 3.32. The first-order valence-corrected chi connectivity index (χ1v) is 11.8. The van der Waals surface area contributed by atoms with E-state index in [2.05, 4.69) is 37.3 Å². The zero-order valence-corrected chi connectivity index (χ0v) is 18.7. The molecule has 162 valence electrons. The first-order valence-electron chi connectivity index (χ1n) is 11.0. The summed E-state index contributed by atoms with van der Waals surface area (Å²) in [6, 6.07) is 0.387. The highest BCUT2D eigenvalue weighted by Crippen LogP contribution is 2.50. The van der Waals surface area contributed by atoms with Crippen molar-refractivity contribution in [2.24, 2.45) is 11.3 Å². The van der Waals surface area contributed by atoms with Crippen LogP contribution in [0.5, 0.6) is 0 Å². The molecule has 3 fully saturated rings. The molecule has 31 heavy (non-hydrogen) atoms. The van der Waals surface area contributed by atoms with Crippen LogP contribution in [0.4, 0.5) is 5.82 Å². The fourth-order valence-electron chi connectivity index (χ4n) is 5.45. The predicted molar refractivity (Wildman–Crippen MR) is 119 cm³/mol. The minimum atomic E-state index is 0.164.